The third-order valence-electron chi connectivity index (χ3n) is 4.99. The van der Waals surface area contributed by atoms with Crippen LogP contribution in [0.5, 0.6) is 0 Å². The second kappa shape index (κ2) is 7.26. The summed E-state index contributed by atoms with van der Waals surface area (Å²) in [7, 11) is 0. The van der Waals surface area contributed by atoms with Gasteiger partial charge in [-0.05, 0) is 24.0 Å². The van der Waals surface area contributed by atoms with E-state index in [1.165, 1.54) is 38.5 Å². The number of hydrogen-bond acceptors (Lipinski definition) is 4. The first-order valence-electron chi connectivity index (χ1n) is 8.76. The van der Waals surface area contributed by atoms with Crippen LogP contribution in [0, 0.1) is 0 Å². The lowest BCUT2D eigenvalue weighted by Crippen LogP contribution is -2.35. The van der Waals surface area contributed by atoms with Crippen molar-refractivity contribution >= 4 is 0 Å². The highest BCUT2D eigenvalue weighted by molar-refractivity contribution is 5.40. The Hall–Kier alpha value is -0.680. The third kappa shape index (κ3) is 3.30. The number of rotatable bonds is 8. The summed E-state index contributed by atoms with van der Waals surface area (Å²) >= 11 is 0. The Labute approximate surface area is 132 Å². The molecule has 1 saturated heterocycles. The monoisotopic (exact) mass is 308 g/mol. The fourth-order valence-corrected chi connectivity index (χ4v) is 3.59. The number of ether oxygens (including phenoxy) is 2. The highest BCUT2D eigenvalue weighted by atomic mass is 16.6. The van der Waals surface area contributed by atoms with E-state index >= 15 is 0 Å². The molecule has 2 aliphatic heterocycles. The summed E-state index contributed by atoms with van der Waals surface area (Å²) in [4.78, 5) is 0. The molecule has 5 unspecified atom stereocenters. The predicted molar refractivity (Wildman–Crippen MR) is 84.6 cm³/mol. The van der Waals surface area contributed by atoms with E-state index in [0.29, 0.717) is 6.61 Å². The Morgan fingerprint density at radius 1 is 1.05 bits per heavy atom. The molecular formula is C18H28O4. The van der Waals surface area contributed by atoms with Gasteiger partial charge in [0.1, 0.15) is 30.5 Å². The molecule has 3 aliphatic rings. The van der Waals surface area contributed by atoms with Gasteiger partial charge in [0.15, 0.2) is 0 Å². The van der Waals surface area contributed by atoms with Gasteiger partial charge in [0, 0.05) is 0 Å². The number of allylic oxidation sites excluding steroid dienone is 1. The summed E-state index contributed by atoms with van der Waals surface area (Å²) in [6.45, 7) is 2.64. The molecule has 0 spiro atoms. The first-order valence-corrected chi connectivity index (χ1v) is 8.76. The van der Waals surface area contributed by atoms with Crippen LogP contribution in [0.2, 0.25) is 0 Å². The van der Waals surface area contributed by atoms with Gasteiger partial charge in [-0.15, -0.1) is 0 Å². The molecule has 1 aliphatic carbocycles. The fourth-order valence-electron chi connectivity index (χ4n) is 3.59. The molecule has 22 heavy (non-hydrogen) atoms. The minimum Gasteiger partial charge on any atom is -0.386 e. The maximum absolute atomic E-state index is 10.3. The maximum atomic E-state index is 10.3. The van der Waals surface area contributed by atoms with Crippen LogP contribution in [0.3, 0.4) is 0 Å². The minimum absolute atomic E-state index is 0.190. The maximum Gasteiger partial charge on any atom is 0.117 e. The molecule has 0 saturated carbocycles. The Balaban J connectivity index is 1.44. The van der Waals surface area contributed by atoms with Gasteiger partial charge in [-0.25, -0.2) is 0 Å². The van der Waals surface area contributed by atoms with Crippen molar-refractivity contribution in [3.63, 3.8) is 0 Å². The summed E-state index contributed by atoms with van der Waals surface area (Å²) in [5, 5.41) is 20.4. The number of aliphatic hydroxyl groups excluding tert-OH is 2. The van der Waals surface area contributed by atoms with Gasteiger partial charge in [-0.1, -0.05) is 51.2 Å². The van der Waals surface area contributed by atoms with Gasteiger partial charge >= 0.3 is 0 Å². The van der Waals surface area contributed by atoms with Gasteiger partial charge in [0.2, 0.25) is 0 Å². The van der Waals surface area contributed by atoms with Crippen LogP contribution in [0.15, 0.2) is 23.3 Å². The smallest absolute Gasteiger partial charge is 0.117 e. The van der Waals surface area contributed by atoms with Crippen LogP contribution in [0.4, 0.5) is 0 Å². The molecule has 4 nitrogen and oxygen atoms in total. The molecule has 0 aromatic heterocycles. The van der Waals surface area contributed by atoms with E-state index in [4.69, 9.17) is 9.47 Å². The lowest BCUT2D eigenvalue weighted by atomic mass is 9.86. The number of aliphatic hydroxyl groups is 2. The Morgan fingerprint density at radius 2 is 1.77 bits per heavy atom. The zero-order valence-electron chi connectivity index (χ0n) is 13.4. The van der Waals surface area contributed by atoms with Crippen LogP contribution < -0.4 is 0 Å². The van der Waals surface area contributed by atoms with E-state index in [1.54, 1.807) is 0 Å². The first-order chi connectivity index (χ1) is 10.7. The van der Waals surface area contributed by atoms with E-state index in [0.717, 1.165) is 17.6 Å². The van der Waals surface area contributed by atoms with Crippen molar-refractivity contribution in [1.82, 2.24) is 0 Å². The van der Waals surface area contributed by atoms with Crippen molar-refractivity contribution in [3.8, 4) is 0 Å². The van der Waals surface area contributed by atoms with Crippen LogP contribution in [0.1, 0.15) is 51.9 Å². The second-order valence-electron chi connectivity index (χ2n) is 6.65. The van der Waals surface area contributed by atoms with Gasteiger partial charge in [-0.3, -0.25) is 0 Å². The van der Waals surface area contributed by atoms with E-state index < -0.39 is 12.2 Å². The number of epoxide rings is 1. The lowest BCUT2D eigenvalue weighted by Gasteiger charge is -2.21. The van der Waals surface area contributed by atoms with Crippen molar-refractivity contribution < 1.29 is 19.7 Å². The van der Waals surface area contributed by atoms with Crippen molar-refractivity contribution in [2.75, 3.05) is 6.61 Å². The summed E-state index contributed by atoms with van der Waals surface area (Å²) in [5.41, 5.74) is 1.67. The van der Waals surface area contributed by atoms with Crippen LogP contribution in [-0.4, -0.2) is 47.3 Å². The Bertz CT molecular complexity index is 442. The standard InChI is InChI=1S/C18H28O4/c1-2-3-4-5-6-7-8-9-10-13-14-12(11-21-13)15(19)17-18(22-17)16(14)20/h9-10,13,15-20H,2-8,11H2,1H3. The molecule has 2 heterocycles. The predicted octanol–water partition coefficient (Wildman–Crippen LogP) is 2.49. The van der Waals surface area contributed by atoms with Crippen molar-refractivity contribution in [2.24, 2.45) is 0 Å². The normalized spacial score (nSPS) is 36.8. The third-order valence-corrected chi connectivity index (χ3v) is 4.99. The van der Waals surface area contributed by atoms with Crippen LogP contribution in [0.25, 0.3) is 0 Å². The molecule has 4 heteroatoms. The molecule has 124 valence electrons. The Morgan fingerprint density at radius 3 is 2.59 bits per heavy atom. The zero-order valence-corrected chi connectivity index (χ0v) is 13.4. The molecular weight excluding hydrogens is 280 g/mol. The molecule has 1 fully saturated rings. The van der Waals surface area contributed by atoms with Gasteiger partial charge in [0.25, 0.3) is 0 Å². The van der Waals surface area contributed by atoms with Crippen molar-refractivity contribution in [2.45, 2.75) is 82.4 Å². The topological polar surface area (TPSA) is 62.2 Å². The first kappa shape index (κ1) is 16.2. The fraction of sp³-hybridized carbons (Fsp3) is 0.778. The molecule has 2 N–H and O–H groups in total. The molecule has 0 bridgehead atoms. The zero-order chi connectivity index (χ0) is 15.5. The Kier molecular flexibility index (Phi) is 5.34. The molecule has 3 rings (SSSR count). The van der Waals surface area contributed by atoms with E-state index in [1.807, 2.05) is 6.08 Å². The summed E-state index contributed by atoms with van der Waals surface area (Å²) in [5.74, 6) is 0. The number of fused-ring (bicyclic) bond motifs is 1. The van der Waals surface area contributed by atoms with Gasteiger partial charge in [-0.2, -0.15) is 0 Å². The largest absolute Gasteiger partial charge is 0.386 e. The van der Waals surface area contributed by atoms with Crippen molar-refractivity contribution in [3.05, 3.63) is 23.3 Å². The molecule has 0 radical (unpaired) electrons. The van der Waals surface area contributed by atoms with E-state index in [9.17, 15) is 10.2 Å². The molecule has 0 aromatic carbocycles. The quantitative estimate of drug-likeness (QED) is 0.411. The van der Waals surface area contributed by atoms with Crippen LogP contribution >= 0.6 is 0 Å². The number of unbranched alkanes of at least 4 members (excludes halogenated alkanes) is 6. The average Bonchev–Trinajstić information content (AvgIpc) is 3.21. The lowest BCUT2D eigenvalue weighted by molar-refractivity contribution is 0.109. The molecule has 0 aromatic rings. The SMILES string of the molecule is CCCCCCCCC=CC1OCC2=C1C(O)C1OC1C2O. The second-order valence-corrected chi connectivity index (χ2v) is 6.65. The molecule has 5 atom stereocenters. The van der Waals surface area contributed by atoms with Crippen molar-refractivity contribution in [1.29, 1.82) is 0 Å². The summed E-state index contributed by atoms with van der Waals surface area (Å²) < 4.78 is 11.1. The van der Waals surface area contributed by atoms with Crippen LogP contribution in [-0.2, 0) is 9.47 Å². The highest BCUT2D eigenvalue weighted by Gasteiger charge is 2.57. The van der Waals surface area contributed by atoms with E-state index in [2.05, 4.69) is 13.0 Å². The molecule has 0 amide bonds. The highest BCUT2D eigenvalue weighted by Crippen LogP contribution is 2.44. The van der Waals surface area contributed by atoms with Gasteiger partial charge in [0.05, 0.1) is 6.61 Å². The summed E-state index contributed by atoms with van der Waals surface area (Å²) in [6.07, 6.45) is 11.2. The average molecular weight is 308 g/mol. The minimum atomic E-state index is -0.616. The van der Waals surface area contributed by atoms with Gasteiger partial charge < -0.3 is 19.7 Å². The number of hydrogen-bond donors (Lipinski definition) is 2. The van der Waals surface area contributed by atoms with E-state index in [-0.39, 0.29) is 18.3 Å². The summed E-state index contributed by atoms with van der Waals surface area (Å²) in [6, 6.07) is 0.